The molecule has 3 aromatic rings. The molecule has 5 heteroatoms. The number of hydrogen-bond acceptors (Lipinski definition) is 3. The summed E-state index contributed by atoms with van der Waals surface area (Å²) in [7, 11) is 0. The lowest BCUT2D eigenvalue weighted by Gasteiger charge is -2.24. The minimum absolute atomic E-state index is 0.0198. The molecule has 0 fully saturated rings. The molecule has 27 heavy (non-hydrogen) atoms. The van der Waals surface area contributed by atoms with Gasteiger partial charge in [-0.3, -0.25) is 9.59 Å². The molecule has 2 unspecified atom stereocenters. The summed E-state index contributed by atoms with van der Waals surface area (Å²) >= 11 is 1.36. The van der Waals surface area contributed by atoms with Gasteiger partial charge in [0, 0.05) is 0 Å². The van der Waals surface area contributed by atoms with Gasteiger partial charge >= 0.3 is 0 Å². The van der Waals surface area contributed by atoms with Gasteiger partial charge in [-0.1, -0.05) is 62.4 Å². The Balaban J connectivity index is 1.76. The fourth-order valence-electron chi connectivity index (χ4n) is 3.16. The van der Waals surface area contributed by atoms with Gasteiger partial charge in [0.25, 0.3) is 5.91 Å². The van der Waals surface area contributed by atoms with Crippen molar-refractivity contribution < 1.29 is 9.59 Å². The van der Waals surface area contributed by atoms with Gasteiger partial charge < -0.3 is 10.6 Å². The van der Waals surface area contributed by atoms with E-state index in [1.54, 1.807) is 6.07 Å². The summed E-state index contributed by atoms with van der Waals surface area (Å²) in [5.41, 5.74) is 1.06. The van der Waals surface area contributed by atoms with Crippen LogP contribution in [0.15, 0.2) is 60.0 Å². The third-order valence-electron chi connectivity index (χ3n) is 4.63. The van der Waals surface area contributed by atoms with Gasteiger partial charge in [0.15, 0.2) is 0 Å². The van der Waals surface area contributed by atoms with E-state index < -0.39 is 6.04 Å². The average Bonchev–Trinajstić information content (AvgIpc) is 3.20. The first kappa shape index (κ1) is 19.1. The number of carbonyl (C=O) groups excluding carboxylic acids is 2. The summed E-state index contributed by atoms with van der Waals surface area (Å²) in [6.07, 6.45) is 0. The minimum atomic E-state index is -0.586. The highest BCUT2D eigenvalue weighted by Gasteiger charge is 2.26. The Morgan fingerprint density at radius 1 is 0.889 bits per heavy atom. The first-order chi connectivity index (χ1) is 13.0. The van der Waals surface area contributed by atoms with Gasteiger partial charge in [-0.05, 0) is 40.6 Å². The zero-order valence-corrected chi connectivity index (χ0v) is 16.5. The molecule has 2 aromatic carbocycles. The van der Waals surface area contributed by atoms with Crippen molar-refractivity contribution in [1.29, 1.82) is 0 Å². The molecule has 0 aliphatic heterocycles. The summed E-state index contributed by atoms with van der Waals surface area (Å²) in [6, 6.07) is 17.0. The van der Waals surface area contributed by atoms with Gasteiger partial charge in [-0.25, -0.2) is 0 Å². The van der Waals surface area contributed by atoms with E-state index in [2.05, 4.69) is 28.8 Å². The molecule has 2 N–H and O–H groups in total. The molecule has 1 heterocycles. The van der Waals surface area contributed by atoms with E-state index in [9.17, 15) is 9.59 Å². The largest absolute Gasteiger partial charge is 0.348 e. The van der Waals surface area contributed by atoms with Crippen LogP contribution in [0.1, 0.15) is 42.0 Å². The Kier molecular flexibility index (Phi) is 5.91. The third-order valence-corrected chi connectivity index (χ3v) is 5.50. The molecule has 4 nitrogen and oxygen atoms in total. The Morgan fingerprint density at radius 2 is 1.63 bits per heavy atom. The van der Waals surface area contributed by atoms with Crippen LogP contribution in [-0.2, 0) is 4.79 Å². The lowest BCUT2D eigenvalue weighted by molar-refractivity contribution is -0.124. The summed E-state index contributed by atoms with van der Waals surface area (Å²) in [4.78, 5) is 25.9. The van der Waals surface area contributed by atoms with Crippen molar-refractivity contribution in [2.45, 2.75) is 32.9 Å². The Labute approximate surface area is 163 Å². The first-order valence-corrected chi connectivity index (χ1v) is 9.97. The molecular formula is C22H24N2O2S. The minimum Gasteiger partial charge on any atom is -0.348 e. The van der Waals surface area contributed by atoms with Crippen molar-refractivity contribution in [3.8, 4) is 0 Å². The molecule has 0 bridgehead atoms. The van der Waals surface area contributed by atoms with Crippen LogP contribution in [0.5, 0.6) is 0 Å². The number of nitrogens with one attached hydrogen (secondary N) is 2. The third kappa shape index (κ3) is 4.37. The van der Waals surface area contributed by atoms with Gasteiger partial charge in [0.1, 0.15) is 6.04 Å². The topological polar surface area (TPSA) is 58.2 Å². The van der Waals surface area contributed by atoms with Gasteiger partial charge in [0.2, 0.25) is 5.91 Å². The maximum atomic E-state index is 12.9. The van der Waals surface area contributed by atoms with E-state index in [0.29, 0.717) is 4.88 Å². The molecular weight excluding hydrogens is 356 g/mol. The highest BCUT2D eigenvalue weighted by atomic mass is 32.1. The first-order valence-electron chi connectivity index (χ1n) is 9.09. The van der Waals surface area contributed by atoms with Crippen LogP contribution in [0.3, 0.4) is 0 Å². The highest BCUT2D eigenvalue weighted by molar-refractivity contribution is 7.12. The number of hydrogen-bond donors (Lipinski definition) is 2. The molecule has 3 rings (SSSR count). The van der Waals surface area contributed by atoms with Crippen LogP contribution in [-0.4, -0.2) is 17.9 Å². The number of thiophene rings is 1. The molecule has 2 atom stereocenters. The van der Waals surface area contributed by atoms with Crippen molar-refractivity contribution in [2.75, 3.05) is 0 Å². The fourth-order valence-corrected chi connectivity index (χ4v) is 3.79. The van der Waals surface area contributed by atoms with Crippen molar-refractivity contribution in [2.24, 2.45) is 5.92 Å². The number of amides is 2. The SMILES string of the molecule is CC(NC(=O)C(NC(=O)c1cccs1)C(C)C)c1cccc2ccccc12. The van der Waals surface area contributed by atoms with Gasteiger partial charge in [-0.2, -0.15) is 0 Å². The monoisotopic (exact) mass is 380 g/mol. The van der Waals surface area contributed by atoms with E-state index in [1.165, 1.54) is 11.3 Å². The molecule has 0 saturated heterocycles. The molecule has 2 amide bonds. The van der Waals surface area contributed by atoms with Gasteiger partial charge in [-0.15, -0.1) is 11.3 Å². The van der Waals surface area contributed by atoms with Crippen LogP contribution in [0.25, 0.3) is 10.8 Å². The van der Waals surface area contributed by atoms with E-state index in [1.807, 2.05) is 56.5 Å². The average molecular weight is 381 g/mol. The second-order valence-corrected chi connectivity index (χ2v) is 7.92. The van der Waals surface area contributed by atoms with Crippen molar-refractivity contribution in [1.82, 2.24) is 10.6 Å². The maximum absolute atomic E-state index is 12.9. The van der Waals surface area contributed by atoms with Crippen LogP contribution >= 0.6 is 11.3 Å². The van der Waals surface area contributed by atoms with E-state index in [0.717, 1.165) is 16.3 Å². The summed E-state index contributed by atoms with van der Waals surface area (Å²) in [5, 5.41) is 10.1. The molecule has 0 aliphatic carbocycles. The van der Waals surface area contributed by atoms with Crippen molar-refractivity contribution in [3.05, 3.63) is 70.4 Å². The Hall–Kier alpha value is -2.66. The van der Waals surface area contributed by atoms with Crippen LogP contribution in [0.2, 0.25) is 0 Å². The van der Waals surface area contributed by atoms with Crippen LogP contribution < -0.4 is 10.6 Å². The zero-order valence-electron chi connectivity index (χ0n) is 15.7. The number of benzene rings is 2. The maximum Gasteiger partial charge on any atom is 0.262 e. The van der Waals surface area contributed by atoms with E-state index in [4.69, 9.17) is 0 Å². The predicted molar refractivity (Wildman–Crippen MR) is 111 cm³/mol. The lowest BCUT2D eigenvalue weighted by atomic mass is 9.98. The van der Waals surface area contributed by atoms with Crippen molar-refractivity contribution >= 4 is 33.9 Å². The second-order valence-electron chi connectivity index (χ2n) is 6.97. The van der Waals surface area contributed by atoms with E-state index >= 15 is 0 Å². The number of fused-ring (bicyclic) bond motifs is 1. The quantitative estimate of drug-likeness (QED) is 0.660. The smallest absolute Gasteiger partial charge is 0.262 e. The molecule has 0 saturated carbocycles. The van der Waals surface area contributed by atoms with Crippen LogP contribution in [0, 0.1) is 5.92 Å². The number of carbonyl (C=O) groups is 2. The Morgan fingerprint density at radius 3 is 2.33 bits per heavy atom. The molecule has 0 aliphatic rings. The highest BCUT2D eigenvalue weighted by Crippen LogP contribution is 2.24. The predicted octanol–water partition coefficient (Wildman–Crippen LogP) is 4.53. The summed E-state index contributed by atoms with van der Waals surface area (Å²) < 4.78 is 0. The second kappa shape index (κ2) is 8.35. The zero-order chi connectivity index (χ0) is 19.4. The lowest BCUT2D eigenvalue weighted by Crippen LogP contribution is -2.50. The normalized spacial score (nSPS) is 13.3. The summed E-state index contributed by atoms with van der Waals surface area (Å²) in [6.45, 7) is 5.83. The number of rotatable bonds is 6. The van der Waals surface area contributed by atoms with Crippen molar-refractivity contribution in [3.63, 3.8) is 0 Å². The van der Waals surface area contributed by atoms with Crippen LogP contribution in [0.4, 0.5) is 0 Å². The fraction of sp³-hybridized carbons (Fsp3) is 0.273. The molecule has 0 radical (unpaired) electrons. The summed E-state index contributed by atoms with van der Waals surface area (Å²) in [5.74, 6) is -0.402. The molecule has 0 spiro atoms. The Bertz CT molecular complexity index is 929. The molecule has 1 aromatic heterocycles. The van der Waals surface area contributed by atoms with E-state index in [-0.39, 0.29) is 23.8 Å². The molecule has 140 valence electrons. The van der Waals surface area contributed by atoms with Gasteiger partial charge in [0.05, 0.1) is 10.9 Å². The standard InChI is InChI=1S/C22H24N2O2S/c1-14(2)20(24-21(25)19-12-7-13-27-19)22(26)23-15(3)17-11-6-9-16-8-4-5-10-18(16)17/h4-15,20H,1-3H3,(H,23,26)(H,24,25).